The van der Waals surface area contributed by atoms with Crippen molar-refractivity contribution in [3.63, 3.8) is 0 Å². The Morgan fingerprint density at radius 3 is 2.08 bits per heavy atom. The van der Waals surface area contributed by atoms with Crippen LogP contribution in [-0.4, -0.2) is 165 Å². The summed E-state index contributed by atoms with van der Waals surface area (Å²) in [6.07, 6.45) is -22.8. The van der Waals surface area contributed by atoms with Crippen molar-refractivity contribution in [2.75, 3.05) is 26.9 Å². The number of H-pyrrole nitrogens is 1. The molecule has 3 saturated heterocycles. The largest absolute Gasteiger partial charge is 0.483 e. The zero-order valence-corrected chi connectivity index (χ0v) is 27.0. The molecular weight excluding hydrogens is 718 g/mol. The van der Waals surface area contributed by atoms with Gasteiger partial charge in [0, 0.05) is 31.7 Å². The first-order chi connectivity index (χ1) is 22.8. The van der Waals surface area contributed by atoms with Crippen molar-refractivity contribution < 1.29 is 97.2 Å². The number of aromatic amines is 1. The molecule has 1 aromatic rings. The summed E-state index contributed by atoms with van der Waals surface area (Å²) in [5.41, 5.74) is -1.84. The lowest BCUT2D eigenvalue weighted by Gasteiger charge is -2.51. The maximum absolute atomic E-state index is 13.2. The fourth-order valence-corrected chi connectivity index (χ4v) is 7.99. The number of rotatable bonds is 13. The van der Waals surface area contributed by atoms with Gasteiger partial charge >= 0.3 is 21.3 Å². The zero-order valence-electron chi connectivity index (χ0n) is 25.2. The van der Waals surface area contributed by atoms with Crippen molar-refractivity contribution in [2.45, 2.75) is 85.8 Å². The third-order valence-electron chi connectivity index (χ3n) is 8.15. The topological polar surface area (TPSA) is 376 Å². The highest BCUT2D eigenvalue weighted by molar-refractivity contribution is 7.61. The minimum atomic E-state index is -6.08. The molecule has 0 amide bonds. The summed E-state index contributed by atoms with van der Waals surface area (Å²) < 4.78 is 61.5. The number of methoxy groups -OCH3 is 1. The maximum atomic E-state index is 13.2. The van der Waals surface area contributed by atoms with Crippen molar-refractivity contribution in [2.24, 2.45) is 5.92 Å². The van der Waals surface area contributed by atoms with E-state index in [-0.39, 0.29) is 0 Å². The molecule has 0 radical (unpaired) electrons. The van der Waals surface area contributed by atoms with Crippen LogP contribution in [0.3, 0.4) is 0 Å². The number of nitrogens with zero attached hydrogens (tertiary/aromatic N) is 1. The first kappa shape index (κ1) is 40.2. The van der Waals surface area contributed by atoms with Gasteiger partial charge in [0.2, 0.25) is 5.79 Å². The Bertz CT molecular complexity index is 1480. The minimum Gasteiger partial charge on any atom is -0.394 e. The van der Waals surface area contributed by atoms with Gasteiger partial charge in [-0.1, -0.05) is 0 Å². The molecule has 12 N–H and O–H groups in total. The maximum Gasteiger partial charge on any atom is 0.483 e. The van der Waals surface area contributed by atoms with E-state index in [0.29, 0.717) is 4.57 Å². The van der Waals surface area contributed by atoms with Gasteiger partial charge in [0.1, 0.15) is 54.9 Å². The van der Waals surface area contributed by atoms with Crippen LogP contribution in [0.5, 0.6) is 0 Å². The lowest BCUT2D eigenvalue weighted by molar-refractivity contribution is -0.358. The van der Waals surface area contributed by atoms with E-state index in [4.69, 9.17) is 23.5 Å². The highest BCUT2D eigenvalue weighted by Gasteiger charge is 2.61. The monoisotopic (exact) mass is 756 g/mol. The predicted octanol–water partition coefficient (Wildman–Crippen LogP) is -6.33. The van der Waals surface area contributed by atoms with Crippen molar-refractivity contribution in [1.82, 2.24) is 9.55 Å². The lowest BCUT2D eigenvalue weighted by atomic mass is 9.79. The van der Waals surface area contributed by atoms with Crippen LogP contribution in [0, 0.1) is 5.92 Å². The summed E-state index contributed by atoms with van der Waals surface area (Å²) in [6, 6.07) is 0.898. The van der Waals surface area contributed by atoms with Crippen molar-refractivity contribution in [1.29, 1.82) is 0 Å². The molecule has 2 unspecified atom stereocenters. The number of aromatic nitrogens is 2. The predicted molar refractivity (Wildman–Crippen MR) is 151 cm³/mol. The molecule has 26 heteroatoms. The summed E-state index contributed by atoms with van der Waals surface area (Å²) in [6.45, 7) is -3.12. The third-order valence-corrected chi connectivity index (χ3v) is 10.8. The molecule has 4 rings (SSSR count). The number of aliphatic hydroxyl groups excluding tert-OH is 9. The molecule has 49 heavy (non-hydrogen) atoms. The first-order valence-electron chi connectivity index (χ1n) is 14.3. The van der Waals surface area contributed by atoms with Gasteiger partial charge < -0.3 is 74.7 Å². The van der Waals surface area contributed by atoms with Gasteiger partial charge in [0.25, 0.3) is 5.56 Å². The molecule has 1 aromatic heterocycles. The second-order valence-corrected chi connectivity index (χ2v) is 14.3. The van der Waals surface area contributed by atoms with Gasteiger partial charge in [0.15, 0.2) is 12.5 Å². The average molecular weight is 756 g/mol. The number of phosphoric ester groups is 2. The lowest BCUT2D eigenvalue weighted by Crippen LogP contribution is -2.68. The van der Waals surface area contributed by atoms with Gasteiger partial charge in [-0.3, -0.25) is 23.4 Å². The Balaban J connectivity index is 1.55. The zero-order chi connectivity index (χ0) is 36.6. The Kier molecular flexibility index (Phi) is 12.8. The Labute approximate surface area is 274 Å². The van der Waals surface area contributed by atoms with E-state index in [9.17, 15) is 74.5 Å². The fraction of sp³-hybridized carbons (Fsp3) is 0.826. The number of aliphatic hydroxyl groups is 9. The number of phosphoric acid groups is 2. The Morgan fingerprint density at radius 2 is 1.49 bits per heavy atom. The van der Waals surface area contributed by atoms with Crippen LogP contribution in [0.15, 0.2) is 21.9 Å². The molecule has 0 spiro atoms. The SMILES string of the molecule is CO[C@@H]1O[C@H](CO)[C@H](O)[C@H](C[C@@]2(OP(=O)(O)OP(=O)(O)OC[C@H]3O[C@@H](n4ccc(=O)[nH]c4=O)[C@H](O)[C@@H]3O)O[C@H](CO)[C@H](O)[C@H](O)[C@H]2O)[C@H]1O. The summed E-state index contributed by atoms with van der Waals surface area (Å²) in [4.78, 5) is 46.1. The molecule has 24 nitrogen and oxygen atoms in total. The number of ether oxygens (including phenoxy) is 4. The van der Waals surface area contributed by atoms with E-state index in [2.05, 4.69) is 8.83 Å². The van der Waals surface area contributed by atoms with Crippen LogP contribution >= 0.6 is 15.6 Å². The highest BCUT2D eigenvalue weighted by atomic mass is 31.3. The molecule has 0 aromatic carbocycles. The molecule has 16 atom stereocenters. The van der Waals surface area contributed by atoms with Crippen LogP contribution in [-0.2, 0) is 41.4 Å². The molecular formula is C23H38N2O22P2. The summed E-state index contributed by atoms with van der Waals surface area (Å²) in [5, 5.41) is 93.4. The van der Waals surface area contributed by atoms with Crippen LogP contribution in [0.4, 0.5) is 0 Å². The van der Waals surface area contributed by atoms with E-state index < -0.39 is 138 Å². The van der Waals surface area contributed by atoms with E-state index in [0.717, 1.165) is 19.4 Å². The molecule has 3 fully saturated rings. The first-order valence-corrected chi connectivity index (χ1v) is 17.3. The van der Waals surface area contributed by atoms with Crippen molar-refractivity contribution >= 4 is 15.6 Å². The van der Waals surface area contributed by atoms with Crippen LogP contribution in [0.2, 0.25) is 0 Å². The average Bonchev–Trinajstić information content (AvgIpc) is 3.31. The number of nitrogens with one attached hydrogen (secondary N) is 1. The summed E-state index contributed by atoms with van der Waals surface area (Å²) in [7, 11) is -10.8. The van der Waals surface area contributed by atoms with Crippen molar-refractivity contribution in [3.05, 3.63) is 33.1 Å². The van der Waals surface area contributed by atoms with Crippen LogP contribution < -0.4 is 11.2 Å². The molecule has 0 bridgehead atoms. The van der Waals surface area contributed by atoms with Gasteiger partial charge in [-0.25, -0.2) is 13.9 Å². The van der Waals surface area contributed by atoms with Crippen LogP contribution in [0.1, 0.15) is 12.6 Å². The van der Waals surface area contributed by atoms with E-state index >= 15 is 0 Å². The van der Waals surface area contributed by atoms with Crippen molar-refractivity contribution in [3.8, 4) is 0 Å². The van der Waals surface area contributed by atoms with E-state index in [1.165, 1.54) is 0 Å². The van der Waals surface area contributed by atoms with Gasteiger partial charge in [-0.2, -0.15) is 4.31 Å². The molecule has 282 valence electrons. The normalized spacial score (nSPS) is 42.4. The smallest absolute Gasteiger partial charge is 0.394 e. The number of hydrogen-bond acceptors (Lipinski definition) is 20. The molecule has 4 heterocycles. The molecule has 3 aliphatic heterocycles. The highest BCUT2D eigenvalue weighted by Crippen LogP contribution is 2.63. The van der Waals surface area contributed by atoms with Gasteiger partial charge in [-0.05, 0) is 0 Å². The number of hydrogen-bond donors (Lipinski definition) is 12. The summed E-state index contributed by atoms with van der Waals surface area (Å²) in [5.74, 6) is -4.82. The van der Waals surface area contributed by atoms with E-state index in [1.54, 1.807) is 0 Å². The molecule has 0 saturated carbocycles. The van der Waals surface area contributed by atoms with Gasteiger partial charge in [-0.15, -0.1) is 0 Å². The quantitative estimate of drug-likeness (QED) is 0.0833. The standard InChI is InChI=1S/C23H38N2O22P2/c1-41-21-14(30)8(13(29)9(5-26)44-21)4-23(19(35)17(33)15(31)10(6-27)45-23)46-49(39,40)47-48(37,38)42-7-11-16(32)18(34)20(43-11)25-3-2-12(28)24-22(25)36/h2-3,8-11,13-21,26-27,29-35H,4-7H2,1H3,(H,37,38)(H,39,40)(H,24,28,36)/t8-,9+,10+,11+,13+,14+,15-,16+,17-,18+,19+,20+,21+,23-/m0/s1. The summed E-state index contributed by atoms with van der Waals surface area (Å²) >= 11 is 0. The minimum absolute atomic E-state index is 0.684. The molecule has 0 aliphatic carbocycles. The Hall–Kier alpha value is -1.58. The second kappa shape index (κ2) is 15.6. The Morgan fingerprint density at radius 1 is 0.857 bits per heavy atom. The second-order valence-electron chi connectivity index (χ2n) is 11.4. The van der Waals surface area contributed by atoms with Gasteiger partial charge in [0.05, 0.1) is 25.9 Å². The third kappa shape index (κ3) is 8.56. The fourth-order valence-electron chi connectivity index (χ4n) is 5.68. The van der Waals surface area contributed by atoms with E-state index in [1.807, 2.05) is 4.98 Å². The molecule has 3 aliphatic rings. The van der Waals surface area contributed by atoms with Crippen LogP contribution in [0.25, 0.3) is 0 Å².